The van der Waals surface area contributed by atoms with Crippen molar-refractivity contribution in [2.24, 2.45) is 5.92 Å². The van der Waals surface area contributed by atoms with Crippen LogP contribution in [0.2, 0.25) is 10.0 Å². The average Bonchev–Trinajstić information content (AvgIpc) is 2.74. The normalized spacial score (nSPS) is 15.5. The average molecular weight is 478 g/mol. The van der Waals surface area contributed by atoms with Gasteiger partial charge in [0.15, 0.2) is 0 Å². The highest BCUT2D eigenvalue weighted by molar-refractivity contribution is 6.36. The molecule has 1 saturated heterocycles. The molecule has 1 aromatic carbocycles. The summed E-state index contributed by atoms with van der Waals surface area (Å²) in [5.41, 5.74) is 0.858. The molecule has 1 aromatic heterocycles. The first-order chi connectivity index (χ1) is 15.2. The number of hydrogen-bond donors (Lipinski definition) is 2. The summed E-state index contributed by atoms with van der Waals surface area (Å²) in [7, 11) is 2.11. The summed E-state index contributed by atoms with van der Waals surface area (Å²) < 4.78 is 0. The van der Waals surface area contributed by atoms with Crippen molar-refractivity contribution in [2.75, 3.05) is 43.4 Å². The molecule has 2 heterocycles. The second-order valence-electron chi connectivity index (χ2n) is 8.46. The van der Waals surface area contributed by atoms with Crippen LogP contribution in [-0.2, 0) is 4.79 Å². The highest BCUT2D eigenvalue weighted by atomic mass is 35.5. The molecule has 7 nitrogen and oxygen atoms in total. The summed E-state index contributed by atoms with van der Waals surface area (Å²) in [6.07, 6.45) is 2.13. The van der Waals surface area contributed by atoms with E-state index < -0.39 is 11.9 Å². The predicted molar refractivity (Wildman–Crippen MR) is 130 cm³/mol. The van der Waals surface area contributed by atoms with Gasteiger partial charge in [0.25, 0.3) is 5.91 Å². The van der Waals surface area contributed by atoms with Gasteiger partial charge in [0.1, 0.15) is 11.9 Å². The second-order valence-corrected chi connectivity index (χ2v) is 9.31. The van der Waals surface area contributed by atoms with Gasteiger partial charge in [0.2, 0.25) is 5.91 Å². The lowest BCUT2D eigenvalue weighted by atomic mass is 10.0. The summed E-state index contributed by atoms with van der Waals surface area (Å²) in [5, 5.41) is 6.35. The van der Waals surface area contributed by atoms with Crippen molar-refractivity contribution in [1.82, 2.24) is 15.2 Å². The highest BCUT2D eigenvalue weighted by Crippen LogP contribution is 2.22. The predicted octanol–water partition coefficient (Wildman–Crippen LogP) is 3.92. The maximum atomic E-state index is 13.0. The Hall–Kier alpha value is -2.35. The topological polar surface area (TPSA) is 77.6 Å². The molecule has 172 valence electrons. The molecule has 0 aliphatic carbocycles. The van der Waals surface area contributed by atoms with E-state index in [0.29, 0.717) is 17.1 Å². The Morgan fingerprint density at radius 2 is 1.81 bits per heavy atom. The first-order valence-electron chi connectivity index (χ1n) is 10.7. The molecule has 32 heavy (non-hydrogen) atoms. The number of rotatable bonds is 7. The van der Waals surface area contributed by atoms with Crippen molar-refractivity contribution in [1.29, 1.82) is 0 Å². The monoisotopic (exact) mass is 477 g/mol. The molecule has 3 rings (SSSR count). The van der Waals surface area contributed by atoms with Crippen molar-refractivity contribution < 1.29 is 9.59 Å². The largest absolute Gasteiger partial charge is 0.354 e. The lowest BCUT2D eigenvalue weighted by Crippen LogP contribution is -2.45. The molecular weight excluding hydrogens is 449 g/mol. The van der Waals surface area contributed by atoms with Gasteiger partial charge in [0.05, 0.1) is 22.5 Å². The van der Waals surface area contributed by atoms with Crippen molar-refractivity contribution in [3.05, 3.63) is 52.1 Å². The molecule has 0 saturated carbocycles. The number of amides is 2. The first kappa shape index (κ1) is 24.3. The van der Waals surface area contributed by atoms with Crippen molar-refractivity contribution in [2.45, 2.75) is 26.3 Å². The Morgan fingerprint density at radius 3 is 2.41 bits per heavy atom. The minimum absolute atomic E-state index is 0.199. The van der Waals surface area contributed by atoms with E-state index in [1.807, 2.05) is 26.0 Å². The van der Waals surface area contributed by atoms with Gasteiger partial charge in [-0.25, -0.2) is 4.98 Å². The van der Waals surface area contributed by atoms with E-state index in [9.17, 15) is 9.59 Å². The van der Waals surface area contributed by atoms with Crippen molar-refractivity contribution in [3.63, 3.8) is 0 Å². The maximum Gasteiger partial charge on any atom is 0.253 e. The van der Waals surface area contributed by atoms with Crippen LogP contribution < -0.4 is 15.5 Å². The standard InChI is InChI=1S/C23H29Cl2N5O2/c1-15(2)12-20(28-22(31)18-6-4-16(24)13-19(18)25)23(32)27-17-5-7-21(26-14-17)30-10-8-29(3)9-11-30/h4-7,13-15,20H,8-12H2,1-3H3,(H,27,32)(H,28,31). The minimum atomic E-state index is -0.716. The molecule has 9 heteroatoms. The van der Waals surface area contributed by atoms with E-state index >= 15 is 0 Å². The Balaban J connectivity index is 1.66. The number of pyridine rings is 1. The van der Waals surface area contributed by atoms with Gasteiger partial charge in [-0.05, 0) is 49.7 Å². The van der Waals surface area contributed by atoms with Crippen LogP contribution in [0.1, 0.15) is 30.6 Å². The number of carbonyl (C=O) groups is 2. The van der Waals surface area contributed by atoms with E-state index in [2.05, 4.69) is 32.5 Å². The number of hydrogen-bond acceptors (Lipinski definition) is 5. The van der Waals surface area contributed by atoms with Crippen LogP contribution in [0.15, 0.2) is 36.5 Å². The Morgan fingerprint density at radius 1 is 1.09 bits per heavy atom. The number of piperazine rings is 1. The lowest BCUT2D eigenvalue weighted by Gasteiger charge is -2.33. The fraction of sp³-hybridized carbons (Fsp3) is 0.435. The fourth-order valence-corrected chi connectivity index (χ4v) is 4.02. The molecule has 0 radical (unpaired) electrons. The Kier molecular flexibility index (Phi) is 8.34. The van der Waals surface area contributed by atoms with Crippen LogP contribution in [0.25, 0.3) is 0 Å². The molecule has 2 aromatic rings. The van der Waals surface area contributed by atoms with Crippen LogP contribution in [0.5, 0.6) is 0 Å². The summed E-state index contributed by atoms with van der Waals surface area (Å²) in [5.74, 6) is 0.368. The number of likely N-dealkylation sites (N-methyl/N-ethyl adjacent to an activating group) is 1. The number of carbonyl (C=O) groups excluding carboxylic acids is 2. The lowest BCUT2D eigenvalue weighted by molar-refractivity contribution is -0.118. The van der Waals surface area contributed by atoms with Crippen LogP contribution in [0, 0.1) is 5.92 Å². The second kappa shape index (κ2) is 11.0. The number of aromatic nitrogens is 1. The fourth-order valence-electron chi connectivity index (χ4n) is 3.52. The molecule has 1 unspecified atom stereocenters. The molecule has 1 atom stereocenters. The van der Waals surface area contributed by atoms with Gasteiger partial charge in [-0.3, -0.25) is 9.59 Å². The van der Waals surface area contributed by atoms with Gasteiger partial charge in [-0.15, -0.1) is 0 Å². The number of halogens is 2. The van der Waals surface area contributed by atoms with Crippen LogP contribution in [0.3, 0.4) is 0 Å². The summed E-state index contributed by atoms with van der Waals surface area (Å²) in [6.45, 7) is 7.82. The molecule has 0 bridgehead atoms. The van der Waals surface area contributed by atoms with Gasteiger partial charge in [-0.1, -0.05) is 37.0 Å². The zero-order chi connectivity index (χ0) is 23.3. The van der Waals surface area contributed by atoms with E-state index in [1.165, 1.54) is 6.07 Å². The highest BCUT2D eigenvalue weighted by Gasteiger charge is 2.24. The van der Waals surface area contributed by atoms with Crippen molar-refractivity contribution >= 4 is 46.5 Å². The Labute approximate surface area is 199 Å². The zero-order valence-electron chi connectivity index (χ0n) is 18.6. The SMILES string of the molecule is CC(C)CC(NC(=O)c1ccc(Cl)cc1Cl)C(=O)Nc1ccc(N2CCN(C)CC2)nc1. The Bertz CT molecular complexity index is 944. The van der Waals surface area contributed by atoms with Gasteiger partial charge < -0.3 is 20.4 Å². The molecule has 1 aliphatic heterocycles. The smallest absolute Gasteiger partial charge is 0.253 e. The van der Waals surface area contributed by atoms with Crippen LogP contribution >= 0.6 is 23.2 Å². The summed E-state index contributed by atoms with van der Waals surface area (Å²) in [4.78, 5) is 34.7. The number of benzene rings is 1. The third-order valence-electron chi connectivity index (χ3n) is 5.35. The van der Waals surface area contributed by atoms with Crippen LogP contribution in [0.4, 0.5) is 11.5 Å². The molecular formula is C23H29Cl2N5O2. The van der Waals surface area contributed by atoms with E-state index in [4.69, 9.17) is 23.2 Å². The maximum absolute atomic E-state index is 13.0. The molecule has 1 fully saturated rings. The zero-order valence-corrected chi connectivity index (χ0v) is 20.1. The van der Waals surface area contributed by atoms with E-state index in [-0.39, 0.29) is 22.4 Å². The minimum Gasteiger partial charge on any atom is -0.354 e. The van der Waals surface area contributed by atoms with Gasteiger partial charge >= 0.3 is 0 Å². The van der Waals surface area contributed by atoms with Gasteiger partial charge in [0, 0.05) is 31.2 Å². The molecule has 1 aliphatic rings. The number of nitrogens with zero attached hydrogens (tertiary/aromatic N) is 3. The molecule has 0 spiro atoms. The number of nitrogens with one attached hydrogen (secondary N) is 2. The van der Waals surface area contributed by atoms with Gasteiger partial charge in [-0.2, -0.15) is 0 Å². The third-order valence-corrected chi connectivity index (χ3v) is 5.90. The van der Waals surface area contributed by atoms with Crippen LogP contribution in [-0.4, -0.2) is 61.0 Å². The molecule has 2 N–H and O–H groups in total. The number of anilines is 2. The summed E-state index contributed by atoms with van der Waals surface area (Å²) in [6, 6.07) is 7.67. The first-order valence-corrected chi connectivity index (χ1v) is 11.4. The van der Waals surface area contributed by atoms with Crippen molar-refractivity contribution in [3.8, 4) is 0 Å². The summed E-state index contributed by atoms with van der Waals surface area (Å²) >= 11 is 12.1. The molecule has 2 amide bonds. The van der Waals surface area contributed by atoms with E-state index in [1.54, 1.807) is 18.3 Å². The van der Waals surface area contributed by atoms with E-state index in [0.717, 1.165) is 32.0 Å². The quantitative estimate of drug-likeness (QED) is 0.631. The third kappa shape index (κ3) is 6.58.